The molecule has 124 valence electrons. The highest BCUT2D eigenvalue weighted by Gasteiger charge is 2.26. The molecule has 0 radical (unpaired) electrons. The topological polar surface area (TPSA) is 62.2 Å². The van der Waals surface area contributed by atoms with E-state index in [2.05, 4.69) is 44.9 Å². The van der Waals surface area contributed by atoms with Crippen molar-refractivity contribution >= 4 is 22.6 Å². The van der Waals surface area contributed by atoms with E-state index in [4.69, 9.17) is 5.11 Å². The van der Waals surface area contributed by atoms with E-state index in [1.54, 1.807) is 0 Å². The van der Waals surface area contributed by atoms with Crippen LogP contribution >= 0.6 is 0 Å². The van der Waals surface area contributed by atoms with Crippen molar-refractivity contribution in [1.82, 2.24) is 4.98 Å². The molecular formula is C19H26N2O2. The maximum atomic E-state index is 11.0. The number of aliphatic carboxylic acids is 1. The summed E-state index contributed by atoms with van der Waals surface area (Å²) >= 11 is 0. The Balaban J connectivity index is 2.43. The summed E-state index contributed by atoms with van der Waals surface area (Å²) in [6.07, 6.45) is 0.921. The third kappa shape index (κ3) is 4.95. The Morgan fingerprint density at radius 3 is 2.43 bits per heavy atom. The molecule has 1 heterocycles. The molecule has 0 unspecified atom stereocenters. The molecule has 0 bridgehead atoms. The fraction of sp³-hybridized carbons (Fsp3) is 0.474. The number of pyridine rings is 1. The third-order valence-electron chi connectivity index (χ3n) is 3.55. The molecule has 0 amide bonds. The molecule has 0 spiro atoms. The van der Waals surface area contributed by atoms with E-state index in [0.29, 0.717) is 5.69 Å². The van der Waals surface area contributed by atoms with Gasteiger partial charge >= 0.3 is 5.97 Å². The van der Waals surface area contributed by atoms with E-state index < -0.39 is 5.97 Å². The second-order valence-electron chi connectivity index (χ2n) is 8.00. The maximum Gasteiger partial charge on any atom is 0.309 e. The van der Waals surface area contributed by atoms with Gasteiger partial charge in [0.05, 0.1) is 17.6 Å². The number of para-hydroxylation sites is 1. The molecule has 2 aromatic rings. The summed E-state index contributed by atoms with van der Waals surface area (Å²) in [6.45, 7) is 11.0. The Morgan fingerprint density at radius 1 is 1.17 bits per heavy atom. The predicted octanol–water partition coefficient (Wildman–Crippen LogP) is 4.49. The number of fused-ring (bicyclic) bond motifs is 1. The third-order valence-corrected chi connectivity index (χ3v) is 3.55. The van der Waals surface area contributed by atoms with Gasteiger partial charge in [-0.15, -0.1) is 0 Å². The Kier molecular flexibility index (Phi) is 4.64. The van der Waals surface area contributed by atoms with Crippen molar-refractivity contribution in [3.63, 3.8) is 0 Å². The number of benzene rings is 1. The summed E-state index contributed by atoms with van der Waals surface area (Å²) in [4.78, 5) is 15.5. The van der Waals surface area contributed by atoms with Crippen LogP contribution in [0.4, 0.5) is 5.69 Å². The standard InChI is InChI=1S/C19H26N2O2/c1-18(2,3)12-19(4,5)21-16-10-13(11-17(22)23)20-15-9-7-6-8-14(15)16/h6-10H,11-12H2,1-5H3,(H,20,21)(H,22,23). The lowest BCUT2D eigenvalue weighted by Gasteiger charge is -2.34. The van der Waals surface area contributed by atoms with Crippen molar-refractivity contribution in [3.8, 4) is 0 Å². The Labute approximate surface area is 137 Å². The zero-order valence-corrected chi connectivity index (χ0v) is 14.6. The lowest BCUT2D eigenvalue weighted by molar-refractivity contribution is -0.136. The summed E-state index contributed by atoms with van der Waals surface area (Å²) in [7, 11) is 0. The maximum absolute atomic E-state index is 11.0. The lowest BCUT2D eigenvalue weighted by atomic mass is 9.81. The summed E-state index contributed by atoms with van der Waals surface area (Å²) in [6, 6.07) is 9.69. The molecule has 0 atom stereocenters. The summed E-state index contributed by atoms with van der Waals surface area (Å²) in [5.74, 6) is -0.868. The van der Waals surface area contributed by atoms with E-state index in [0.717, 1.165) is 23.0 Å². The van der Waals surface area contributed by atoms with Crippen LogP contribution in [0.25, 0.3) is 10.9 Å². The van der Waals surface area contributed by atoms with E-state index in [1.807, 2.05) is 30.3 Å². The van der Waals surface area contributed by atoms with Crippen LogP contribution in [0.3, 0.4) is 0 Å². The fourth-order valence-electron chi connectivity index (χ4n) is 3.31. The lowest BCUT2D eigenvalue weighted by Crippen LogP contribution is -2.35. The van der Waals surface area contributed by atoms with Crippen molar-refractivity contribution < 1.29 is 9.90 Å². The molecule has 0 aliphatic heterocycles. The quantitative estimate of drug-likeness (QED) is 0.853. The van der Waals surface area contributed by atoms with Crippen LogP contribution in [0, 0.1) is 5.41 Å². The molecule has 2 N–H and O–H groups in total. The molecule has 4 heteroatoms. The summed E-state index contributed by atoms with van der Waals surface area (Å²) < 4.78 is 0. The number of carbonyl (C=O) groups is 1. The van der Waals surface area contributed by atoms with Crippen molar-refractivity contribution in [2.75, 3.05) is 5.32 Å². The highest BCUT2D eigenvalue weighted by atomic mass is 16.4. The first-order valence-electron chi connectivity index (χ1n) is 7.94. The molecule has 0 saturated carbocycles. The van der Waals surface area contributed by atoms with Gasteiger partial charge in [-0.05, 0) is 37.8 Å². The minimum Gasteiger partial charge on any atom is -0.481 e. The first-order chi connectivity index (χ1) is 10.6. The van der Waals surface area contributed by atoms with Crippen LogP contribution in [-0.4, -0.2) is 21.6 Å². The van der Waals surface area contributed by atoms with Crippen LogP contribution in [0.5, 0.6) is 0 Å². The van der Waals surface area contributed by atoms with Gasteiger partial charge in [0, 0.05) is 16.6 Å². The van der Waals surface area contributed by atoms with Crippen molar-refractivity contribution in [1.29, 1.82) is 0 Å². The van der Waals surface area contributed by atoms with Crippen LogP contribution < -0.4 is 5.32 Å². The highest BCUT2D eigenvalue weighted by Crippen LogP contribution is 2.32. The van der Waals surface area contributed by atoms with Crippen LogP contribution in [-0.2, 0) is 11.2 Å². The first kappa shape index (κ1) is 17.3. The monoisotopic (exact) mass is 314 g/mol. The van der Waals surface area contributed by atoms with Crippen molar-refractivity contribution in [2.45, 2.75) is 53.0 Å². The predicted molar refractivity (Wildman–Crippen MR) is 94.9 cm³/mol. The van der Waals surface area contributed by atoms with Gasteiger partial charge in [-0.25, -0.2) is 0 Å². The molecule has 4 nitrogen and oxygen atoms in total. The molecular weight excluding hydrogens is 288 g/mol. The van der Waals surface area contributed by atoms with Gasteiger partial charge in [-0.1, -0.05) is 39.0 Å². The van der Waals surface area contributed by atoms with Gasteiger partial charge in [0.25, 0.3) is 0 Å². The Hall–Kier alpha value is -2.10. The van der Waals surface area contributed by atoms with Gasteiger partial charge in [0.15, 0.2) is 0 Å². The zero-order valence-electron chi connectivity index (χ0n) is 14.6. The highest BCUT2D eigenvalue weighted by molar-refractivity contribution is 5.92. The Bertz CT molecular complexity index is 715. The fourth-order valence-corrected chi connectivity index (χ4v) is 3.31. The van der Waals surface area contributed by atoms with Crippen LogP contribution in [0.2, 0.25) is 0 Å². The molecule has 0 saturated heterocycles. The largest absolute Gasteiger partial charge is 0.481 e. The van der Waals surface area contributed by atoms with Gasteiger partial charge in [-0.2, -0.15) is 0 Å². The van der Waals surface area contributed by atoms with Crippen molar-refractivity contribution in [3.05, 3.63) is 36.0 Å². The molecule has 0 aliphatic carbocycles. The zero-order chi connectivity index (χ0) is 17.3. The number of hydrogen-bond donors (Lipinski definition) is 2. The van der Waals surface area contributed by atoms with Crippen LogP contribution in [0.1, 0.15) is 46.7 Å². The number of carboxylic acids is 1. The molecule has 1 aromatic carbocycles. The average molecular weight is 314 g/mol. The second-order valence-corrected chi connectivity index (χ2v) is 8.00. The normalized spacial score (nSPS) is 12.4. The van der Waals surface area contributed by atoms with Gasteiger partial charge < -0.3 is 10.4 Å². The molecule has 0 fully saturated rings. The minimum atomic E-state index is -0.868. The number of nitrogens with one attached hydrogen (secondary N) is 1. The Morgan fingerprint density at radius 2 is 1.83 bits per heavy atom. The van der Waals surface area contributed by atoms with Crippen LogP contribution in [0.15, 0.2) is 30.3 Å². The number of rotatable bonds is 5. The number of hydrogen-bond acceptors (Lipinski definition) is 3. The van der Waals surface area contributed by atoms with E-state index >= 15 is 0 Å². The van der Waals surface area contributed by atoms with Gasteiger partial charge in [0.2, 0.25) is 0 Å². The summed E-state index contributed by atoms with van der Waals surface area (Å²) in [5, 5.41) is 13.7. The minimum absolute atomic E-state index is 0.0702. The second kappa shape index (κ2) is 6.19. The van der Waals surface area contributed by atoms with Gasteiger partial charge in [0.1, 0.15) is 0 Å². The number of nitrogens with zero attached hydrogens (tertiary/aromatic N) is 1. The number of anilines is 1. The molecule has 23 heavy (non-hydrogen) atoms. The van der Waals surface area contributed by atoms with E-state index in [9.17, 15) is 4.79 Å². The summed E-state index contributed by atoms with van der Waals surface area (Å²) in [5.41, 5.74) is 2.43. The molecule has 1 aromatic heterocycles. The first-order valence-corrected chi connectivity index (χ1v) is 7.94. The van der Waals surface area contributed by atoms with Gasteiger partial charge in [-0.3, -0.25) is 9.78 Å². The average Bonchev–Trinajstić information content (AvgIpc) is 2.34. The SMILES string of the molecule is CC(C)(C)CC(C)(C)Nc1cc(CC(=O)O)nc2ccccc12. The molecule has 2 rings (SSSR count). The number of carboxylic acid groups (broad SMARTS) is 1. The van der Waals surface area contributed by atoms with Crippen molar-refractivity contribution in [2.24, 2.45) is 5.41 Å². The number of aromatic nitrogens is 1. The smallest absolute Gasteiger partial charge is 0.309 e. The van der Waals surface area contributed by atoms with E-state index in [1.165, 1.54) is 0 Å². The molecule has 0 aliphatic rings. The van der Waals surface area contributed by atoms with E-state index in [-0.39, 0.29) is 17.4 Å².